The molecule has 19 heavy (non-hydrogen) atoms. The van der Waals surface area contributed by atoms with Crippen molar-refractivity contribution < 1.29 is 0 Å². The monoisotopic (exact) mass is 318 g/mol. The first-order valence-electron chi connectivity index (χ1n) is 6.98. The van der Waals surface area contributed by atoms with Gasteiger partial charge in [0.2, 0.25) is 0 Å². The Morgan fingerprint density at radius 2 is 1.95 bits per heavy atom. The summed E-state index contributed by atoms with van der Waals surface area (Å²) >= 11 is 3.49. The molecule has 0 bridgehead atoms. The summed E-state index contributed by atoms with van der Waals surface area (Å²) in [4.78, 5) is 0. The van der Waals surface area contributed by atoms with Gasteiger partial charge in [0, 0.05) is 5.69 Å². The van der Waals surface area contributed by atoms with Gasteiger partial charge >= 0.3 is 0 Å². The van der Waals surface area contributed by atoms with Crippen molar-refractivity contribution in [2.45, 2.75) is 39.0 Å². The number of hydrogen-bond acceptors (Lipinski definition) is 1. The molecule has 0 unspecified atom stereocenters. The van der Waals surface area contributed by atoms with Crippen LogP contribution >= 0.6 is 15.9 Å². The third kappa shape index (κ3) is 2.92. The Hall–Kier alpha value is -1.09. The number of aromatic nitrogens is 2. The Labute approximate surface area is 123 Å². The molecular formula is C16H19BrN2. The molecule has 0 radical (unpaired) electrons. The number of rotatable bonds is 4. The van der Waals surface area contributed by atoms with Crippen molar-refractivity contribution in [1.29, 1.82) is 0 Å². The molecule has 0 aliphatic heterocycles. The third-order valence-corrected chi connectivity index (χ3v) is 3.94. The van der Waals surface area contributed by atoms with Gasteiger partial charge in [0.15, 0.2) is 0 Å². The zero-order valence-corrected chi connectivity index (χ0v) is 13.0. The number of nitrogens with zero attached hydrogens (tertiary/aromatic N) is 2. The van der Waals surface area contributed by atoms with Gasteiger partial charge in [0.05, 0.1) is 5.69 Å². The van der Waals surface area contributed by atoms with Gasteiger partial charge in [-0.3, -0.25) is 0 Å². The SMILES string of the molecule is CC(C)Cc1cc(Br)nn1-c1ccc(C2CC2)cc1. The fourth-order valence-electron chi connectivity index (χ4n) is 2.48. The summed E-state index contributed by atoms with van der Waals surface area (Å²) in [6.07, 6.45) is 3.75. The van der Waals surface area contributed by atoms with E-state index in [1.807, 2.05) is 0 Å². The molecule has 0 atom stereocenters. The van der Waals surface area contributed by atoms with Crippen LogP contribution in [0.4, 0.5) is 0 Å². The van der Waals surface area contributed by atoms with E-state index in [9.17, 15) is 0 Å². The summed E-state index contributed by atoms with van der Waals surface area (Å²) in [7, 11) is 0. The third-order valence-electron chi connectivity index (χ3n) is 3.56. The van der Waals surface area contributed by atoms with E-state index in [0.717, 1.165) is 22.6 Å². The van der Waals surface area contributed by atoms with Crippen molar-refractivity contribution in [3.8, 4) is 5.69 Å². The molecule has 1 heterocycles. The minimum atomic E-state index is 0.632. The van der Waals surface area contributed by atoms with Crippen molar-refractivity contribution in [2.24, 2.45) is 5.92 Å². The molecule has 2 aromatic rings. The zero-order chi connectivity index (χ0) is 13.4. The number of hydrogen-bond donors (Lipinski definition) is 0. The first-order chi connectivity index (χ1) is 9.13. The molecule has 0 amide bonds. The standard InChI is InChI=1S/C16H19BrN2/c1-11(2)9-15-10-16(17)18-19(15)14-7-5-13(6-8-14)12-3-4-12/h5-8,10-12H,3-4,9H2,1-2H3. The van der Waals surface area contributed by atoms with E-state index >= 15 is 0 Å². The molecule has 3 rings (SSSR count). The first kappa shape index (κ1) is 12.9. The van der Waals surface area contributed by atoms with Gasteiger partial charge in [-0.15, -0.1) is 0 Å². The molecule has 1 aliphatic rings. The Morgan fingerprint density at radius 1 is 1.26 bits per heavy atom. The molecule has 1 aromatic carbocycles. The molecule has 2 nitrogen and oxygen atoms in total. The van der Waals surface area contributed by atoms with E-state index < -0.39 is 0 Å². The second-order valence-corrected chi connectivity index (χ2v) is 6.65. The van der Waals surface area contributed by atoms with Gasteiger partial charge in [0.1, 0.15) is 4.60 Å². The highest BCUT2D eigenvalue weighted by atomic mass is 79.9. The topological polar surface area (TPSA) is 17.8 Å². The molecule has 0 saturated heterocycles. The van der Waals surface area contributed by atoms with E-state index in [2.05, 4.69) is 69.9 Å². The van der Waals surface area contributed by atoms with Crippen molar-refractivity contribution >= 4 is 15.9 Å². The maximum absolute atomic E-state index is 4.56. The van der Waals surface area contributed by atoms with Crippen LogP contribution in [0.25, 0.3) is 5.69 Å². The summed E-state index contributed by atoms with van der Waals surface area (Å²) < 4.78 is 2.97. The summed E-state index contributed by atoms with van der Waals surface area (Å²) in [6.45, 7) is 4.48. The normalized spacial score (nSPS) is 15.2. The Morgan fingerprint density at radius 3 is 2.53 bits per heavy atom. The highest BCUT2D eigenvalue weighted by Crippen LogP contribution is 2.40. The van der Waals surface area contributed by atoms with Crippen LogP contribution in [0.2, 0.25) is 0 Å². The van der Waals surface area contributed by atoms with Crippen LogP contribution in [0.5, 0.6) is 0 Å². The van der Waals surface area contributed by atoms with Gasteiger partial charge in [0.25, 0.3) is 0 Å². The van der Waals surface area contributed by atoms with Gasteiger partial charge in [-0.2, -0.15) is 5.10 Å². The average molecular weight is 319 g/mol. The predicted octanol–water partition coefficient (Wildman–Crippen LogP) is 4.71. The highest BCUT2D eigenvalue weighted by molar-refractivity contribution is 9.10. The molecule has 1 fully saturated rings. The summed E-state index contributed by atoms with van der Waals surface area (Å²) in [5, 5.41) is 4.56. The maximum atomic E-state index is 4.56. The quantitative estimate of drug-likeness (QED) is 0.798. The van der Waals surface area contributed by atoms with Gasteiger partial charge in [-0.25, -0.2) is 4.68 Å². The highest BCUT2D eigenvalue weighted by Gasteiger charge is 2.23. The molecule has 3 heteroatoms. The summed E-state index contributed by atoms with van der Waals surface area (Å²) in [5.41, 5.74) is 3.90. The van der Waals surface area contributed by atoms with Crippen LogP contribution in [0.3, 0.4) is 0 Å². The lowest BCUT2D eigenvalue weighted by molar-refractivity contribution is 0.616. The number of halogens is 1. The lowest BCUT2D eigenvalue weighted by atomic mass is 10.1. The van der Waals surface area contributed by atoms with E-state index in [0.29, 0.717) is 5.92 Å². The molecule has 1 aromatic heterocycles. The second kappa shape index (κ2) is 5.12. The van der Waals surface area contributed by atoms with Gasteiger partial charge in [-0.1, -0.05) is 26.0 Å². The average Bonchev–Trinajstić information content (AvgIpc) is 3.14. The van der Waals surface area contributed by atoms with E-state index in [1.165, 1.54) is 24.1 Å². The van der Waals surface area contributed by atoms with E-state index in [1.54, 1.807) is 0 Å². The lowest BCUT2D eigenvalue weighted by Gasteiger charge is -2.10. The maximum Gasteiger partial charge on any atom is 0.128 e. The van der Waals surface area contributed by atoms with Crippen LogP contribution in [-0.2, 0) is 6.42 Å². The fraction of sp³-hybridized carbons (Fsp3) is 0.438. The largest absolute Gasteiger partial charge is 0.237 e. The molecule has 1 saturated carbocycles. The minimum absolute atomic E-state index is 0.632. The van der Waals surface area contributed by atoms with Crippen LogP contribution in [0, 0.1) is 5.92 Å². The molecular weight excluding hydrogens is 300 g/mol. The van der Waals surface area contributed by atoms with E-state index in [4.69, 9.17) is 0 Å². The molecule has 100 valence electrons. The Balaban J connectivity index is 1.91. The Kier molecular flexibility index (Phi) is 3.48. The first-order valence-corrected chi connectivity index (χ1v) is 7.77. The van der Waals surface area contributed by atoms with Crippen molar-refractivity contribution in [3.05, 3.63) is 46.2 Å². The second-order valence-electron chi connectivity index (χ2n) is 5.83. The lowest BCUT2D eigenvalue weighted by Crippen LogP contribution is -2.05. The van der Waals surface area contributed by atoms with E-state index in [-0.39, 0.29) is 0 Å². The van der Waals surface area contributed by atoms with Gasteiger partial charge < -0.3 is 0 Å². The van der Waals surface area contributed by atoms with Crippen LogP contribution < -0.4 is 0 Å². The zero-order valence-electron chi connectivity index (χ0n) is 11.4. The fourth-order valence-corrected chi connectivity index (χ4v) is 2.90. The van der Waals surface area contributed by atoms with Crippen LogP contribution in [-0.4, -0.2) is 9.78 Å². The Bertz CT molecular complexity index is 565. The van der Waals surface area contributed by atoms with Crippen LogP contribution in [0.1, 0.15) is 43.9 Å². The van der Waals surface area contributed by atoms with Crippen molar-refractivity contribution in [2.75, 3.05) is 0 Å². The minimum Gasteiger partial charge on any atom is -0.237 e. The molecule has 0 N–H and O–H groups in total. The summed E-state index contributed by atoms with van der Waals surface area (Å²) in [5.74, 6) is 1.45. The molecule has 1 aliphatic carbocycles. The predicted molar refractivity (Wildman–Crippen MR) is 81.8 cm³/mol. The number of benzene rings is 1. The van der Waals surface area contributed by atoms with Crippen molar-refractivity contribution in [3.63, 3.8) is 0 Å². The molecule has 0 spiro atoms. The smallest absolute Gasteiger partial charge is 0.128 e. The summed E-state index contributed by atoms with van der Waals surface area (Å²) in [6, 6.07) is 11.0. The van der Waals surface area contributed by atoms with Crippen LogP contribution in [0.15, 0.2) is 34.9 Å². The van der Waals surface area contributed by atoms with Crippen molar-refractivity contribution in [1.82, 2.24) is 9.78 Å². The van der Waals surface area contributed by atoms with Gasteiger partial charge in [-0.05, 0) is 70.8 Å².